The maximum Gasteiger partial charge on any atom is 0.296 e. The second kappa shape index (κ2) is 7.02. The number of ether oxygens (including phenoxy) is 1. The topological polar surface area (TPSA) is 64.4 Å². The molecule has 1 N–H and O–H groups in total. The van der Waals surface area contributed by atoms with Gasteiger partial charge in [-0.3, -0.25) is 10.1 Å². The van der Waals surface area contributed by atoms with E-state index in [2.05, 4.69) is 11.6 Å². The van der Waals surface area contributed by atoms with Crippen LogP contribution in [0.15, 0.2) is 18.2 Å². The number of nitrogens with zero attached hydrogens (tertiary/aromatic N) is 1. The smallest absolute Gasteiger partial charge is 0.296 e. The Balaban J connectivity index is 2.13. The molecule has 0 radical (unpaired) electrons. The Bertz CT molecular complexity index is 502. The minimum atomic E-state index is -0.364. The number of benzene rings is 1. The Morgan fingerprint density at radius 1 is 1.38 bits per heavy atom. The van der Waals surface area contributed by atoms with Crippen molar-refractivity contribution in [2.75, 3.05) is 25.2 Å². The van der Waals surface area contributed by atoms with Crippen LogP contribution in [0.5, 0.6) is 5.75 Å². The number of nitro groups is 1. The Labute approximate surface area is 129 Å². The fraction of sp³-hybridized carbons (Fsp3) is 0.600. The summed E-state index contributed by atoms with van der Waals surface area (Å²) in [7, 11) is 1.51. The molecular weight excluding hydrogens is 288 g/mol. The van der Waals surface area contributed by atoms with Gasteiger partial charge in [0.15, 0.2) is 0 Å². The first-order valence-corrected chi connectivity index (χ1v) is 8.44. The average Bonchev–Trinajstić information content (AvgIpc) is 2.53. The van der Waals surface area contributed by atoms with E-state index in [1.807, 2.05) is 11.8 Å². The van der Waals surface area contributed by atoms with Gasteiger partial charge in [-0.05, 0) is 31.2 Å². The number of nitro benzene ring substituents is 1. The van der Waals surface area contributed by atoms with Crippen LogP contribution in [0.25, 0.3) is 0 Å². The van der Waals surface area contributed by atoms with Crippen LogP contribution in [-0.2, 0) is 0 Å². The van der Waals surface area contributed by atoms with Crippen LogP contribution in [-0.4, -0.2) is 29.6 Å². The molecule has 0 aliphatic heterocycles. The first-order valence-electron chi connectivity index (χ1n) is 7.22. The molecule has 0 spiro atoms. The van der Waals surface area contributed by atoms with Crippen LogP contribution in [0.4, 0.5) is 11.4 Å². The summed E-state index contributed by atoms with van der Waals surface area (Å²) in [5.74, 6) is 0.504. The molecule has 1 saturated carbocycles. The molecule has 0 unspecified atom stereocenters. The molecule has 0 heterocycles. The van der Waals surface area contributed by atoms with Gasteiger partial charge in [0.25, 0.3) is 5.69 Å². The van der Waals surface area contributed by atoms with Crippen LogP contribution in [0, 0.1) is 10.1 Å². The normalized spacial score (nSPS) is 17.2. The molecule has 0 aromatic heterocycles. The van der Waals surface area contributed by atoms with Gasteiger partial charge >= 0.3 is 0 Å². The Kier molecular flexibility index (Phi) is 5.33. The van der Waals surface area contributed by atoms with Gasteiger partial charge in [-0.15, -0.1) is 0 Å². The highest BCUT2D eigenvalue weighted by atomic mass is 32.2. The quantitative estimate of drug-likeness (QED) is 0.633. The zero-order valence-electron chi connectivity index (χ0n) is 12.6. The fourth-order valence-corrected chi connectivity index (χ4v) is 3.76. The minimum absolute atomic E-state index is 0.0708. The molecule has 1 aliphatic rings. The molecule has 21 heavy (non-hydrogen) atoms. The van der Waals surface area contributed by atoms with Crippen molar-refractivity contribution in [3.05, 3.63) is 28.3 Å². The van der Waals surface area contributed by atoms with E-state index in [0.717, 1.165) is 6.54 Å². The van der Waals surface area contributed by atoms with Gasteiger partial charge in [0.2, 0.25) is 0 Å². The number of nitrogens with one attached hydrogen (secondary N) is 1. The van der Waals surface area contributed by atoms with E-state index >= 15 is 0 Å². The molecule has 1 fully saturated rings. The van der Waals surface area contributed by atoms with Crippen LogP contribution in [0.3, 0.4) is 0 Å². The molecule has 1 aromatic rings. The van der Waals surface area contributed by atoms with Crippen molar-refractivity contribution in [1.29, 1.82) is 0 Å². The summed E-state index contributed by atoms with van der Waals surface area (Å²) in [6.45, 7) is 0.765. The van der Waals surface area contributed by atoms with E-state index in [1.54, 1.807) is 12.1 Å². The van der Waals surface area contributed by atoms with Crippen molar-refractivity contribution < 1.29 is 9.66 Å². The first kappa shape index (κ1) is 15.9. The summed E-state index contributed by atoms with van der Waals surface area (Å²) < 4.78 is 5.26. The number of hydrogen-bond acceptors (Lipinski definition) is 5. The molecule has 0 saturated heterocycles. The van der Waals surface area contributed by atoms with Gasteiger partial charge in [0.1, 0.15) is 11.4 Å². The Hall–Kier alpha value is -1.43. The maximum atomic E-state index is 11.2. The first-order chi connectivity index (χ1) is 10.1. The largest absolute Gasteiger partial charge is 0.496 e. The summed E-state index contributed by atoms with van der Waals surface area (Å²) in [6, 6.07) is 4.95. The van der Waals surface area contributed by atoms with Crippen molar-refractivity contribution in [2.24, 2.45) is 0 Å². The van der Waals surface area contributed by atoms with Crippen LogP contribution in [0.1, 0.15) is 32.1 Å². The number of rotatable bonds is 6. The van der Waals surface area contributed by atoms with E-state index in [4.69, 9.17) is 4.74 Å². The summed E-state index contributed by atoms with van der Waals surface area (Å²) in [4.78, 5) is 10.8. The summed E-state index contributed by atoms with van der Waals surface area (Å²) in [6.07, 6.45) is 8.26. The predicted molar refractivity (Wildman–Crippen MR) is 87.5 cm³/mol. The zero-order valence-corrected chi connectivity index (χ0v) is 13.4. The summed E-state index contributed by atoms with van der Waals surface area (Å²) >= 11 is 1.88. The van der Waals surface area contributed by atoms with E-state index in [1.165, 1.54) is 45.3 Å². The van der Waals surface area contributed by atoms with Crippen LogP contribution >= 0.6 is 11.8 Å². The molecular formula is C15H22N2O3S. The van der Waals surface area contributed by atoms with E-state index in [-0.39, 0.29) is 15.4 Å². The molecule has 0 atom stereocenters. The van der Waals surface area contributed by atoms with E-state index in [0.29, 0.717) is 11.4 Å². The zero-order chi connectivity index (χ0) is 15.3. The Morgan fingerprint density at radius 2 is 2.10 bits per heavy atom. The third-order valence-electron chi connectivity index (χ3n) is 4.20. The van der Waals surface area contributed by atoms with E-state index < -0.39 is 0 Å². The van der Waals surface area contributed by atoms with Gasteiger partial charge in [-0.2, -0.15) is 11.8 Å². The number of anilines is 1. The molecule has 0 amide bonds. The summed E-state index contributed by atoms with van der Waals surface area (Å²) in [5.41, 5.74) is 0.640. The van der Waals surface area contributed by atoms with Crippen molar-refractivity contribution in [2.45, 2.75) is 36.9 Å². The monoisotopic (exact) mass is 310 g/mol. The minimum Gasteiger partial charge on any atom is -0.496 e. The molecule has 5 nitrogen and oxygen atoms in total. The highest BCUT2D eigenvalue weighted by Crippen LogP contribution is 2.39. The van der Waals surface area contributed by atoms with Crippen molar-refractivity contribution in [3.63, 3.8) is 0 Å². The lowest BCUT2D eigenvalue weighted by Crippen LogP contribution is -2.35. The molecule has 2 rings (SSSR count). The van der Waals surface area contributed by atoms with Gasteiger partial charge in [0.05, 0.1) is 18.1 Å². The van der Waals surface area contributed by atoms with Crippen LogP contribution in [0.2, 0.25) is 0 Å². The standard InChI is InChI=1S/C15H22N2O3S/c1-20-12-6-7-13(14(10-12)17(18)19)16-11-15(21-2)8-4-3-5-9-15/h6-7,10,16H,3-5,8-9,11H2,1-2H3. The number of hydrogen-bond donors (Lipinski definition) is 1. The maximum absolute atomic E-state index is 11.2. The fourth-order valence-electron chi connectivity index (χ4n) is 2.84. The van der Waals surface area contributed by atoms with Gasteiger partial charge in [-0.25, -0.2) is 0 Å². The average molecular weight is 310 g/mol. The van der Waals surface area contributed by atoms with Gasteiger partial charge in [0, 0.05) is 11.3 Å². The van der Waals surface area contributed by atoms with Crippen LogP contribution < -0.4 is 10.1 Å². The van der Waals surface area contributed by atoms with Crippen molar-refractivity contribution in [3.8, 4) is 5.75 Å². The van der Waals surface area contributed by atoms with Crippen molar-refractivity contribution in [1.82, 2.24) is 0 Å². The lowest BCUT2D eigenvalue weighted by atomic mass is 9.88. The number of methoxy groups -OCH3 is 1. The van der Waals surface area contributed by atoms with E-state index in [9.17, 15) is 10.1 Å². The highest BCUT2D eigenvalue weighted by molar-refractivity contribution is 8.00. The molecule has 1 aromatic carbocycles. The molecule has 1 aliphatic carbocycles. The van der Waals surface area contributed by atoms with Gasteiger partial charge in [-0.1, -0.05) is 19.3 Å². The number of thioether (sulfide) groups is 1. The lowest BCUT2D eigenvalue weighted by molar-refractivity contribution is -0.384. The van der Waals surface area contributed by atoms with Crippen molar-refractivity contribution >= 4 is 23.1 Å². The summed E-state index contributed by atoms with van der Waals surface area (Å²) in [5, 5.41) is 14.5. The third-order valence-corrected chi connectivity index (χ3v) is 5.62. The SMILES string of the molecule is COc1ccc(NCC2(SC)CCCCC2)c([N+](=O)[O-])c1. The molecule has 116 valence electrons. The molecule has 6 heteroatoms. The Morgan fingerprint density at radius 3 is 2.67 bits per heavy atom. The second-order valence-corrected chi connectivity index (χ2v) is 6.72. The lowest BCUT2D eigenvalue weighted by Gasteiger charge is -2.36. The molecule has 0 bridgehead atoms. The second-order valence-electron chi connectivity index (χ2n) is 5.44. The van der Waals surface area contributed by atoms with Gasteiger partial charge < -0.3 is 10.1 Å². The third kappa shape index (κ3) is 3.81. The highest BCUT2D eigenvalue weighted by Gasteiger charge is 2.31. The predicted octanol–water partition coefficient (Wildman–Crippen LogP) is 4.08.